The quantitative estimate of drug-likeness (QED) is 0.237. The maximum Gasteiger partial charge on any atom is 0.317 e. The van der Waals surface area contributed by atoms with Crippen LogP contribution >= 0.6 is 0 Å². The fourth-order valence-electron chi connectivity index (χ4n) is 8.56. The van der Waals surface area contributed by atoms with E-state index in [-0.39, 0.29) is 69.4 Å². The number of alkyl halides is 1. The van der Waals surface area contributed by atoms with Gasteiger partial charge in [0, 0.05) is 41.9 Å². The van der Waals surface area contributed by atoms with E-state index in [1.54, 1.807) is 6.07 Å². The first kappa shape index (κ1) is 28.8. The van der Waals surface area contributed by atoms with Crippen molar-refractivity contribution in [2.45, 2.75) is 74.7 Å². The van der Waals surface area contributed by atoms with Crippen molar-refractivity contribution in [2.75, 3.05) is 26.8 Å². The molecule has 4 aliphatic rings. The molecule has 4 atom stereocenters. The molecule has 4 fully saturated rings. The van der Waals surface area contributed by atoms with Gasteiger partial charge in [-0.05, 0) is 68.7 Å². The third-order valence-electron chi connectivity index (χ3n) is 10.5. The third-order valence-corrected chi connectivity index (χ3v) is 10.5. The Hall–Kier alpha value is -3.70. The first-order chi connectivity index (χ1) is 21.7. The Balaban J connectivity index is 1.33. The SMILES string of the molecule is COc1c(F)c(-c2cc(O)cc3cccc(F)c23)c(F)c2nc(OC[C@@]34CCCN3C[C@H](F)C4)nc(C3CC4CCC(C3)N4)c12. The Morgan fingerprint density at radius 2 is 1.87 bits per heavy atom. The van der Waals surface area contributed by atoms with Crippen LogP contribution in [-0.2, 0) is 0 Å². The lowest BCUT2D eigenvalue weighted by molar-refractivity contribution is 0.107. The lowest BCUT2D eigenvalue weighted by Gasteiger charge is -2.32. The molecular weight excluding hydrogens is 588 g/mol. The Labute approximate surface area is 257 Å². The van der Waals surface area contributed by atoms with Crippen molar-refractivity contribution >= 4 is 21.7 Å². The second-order valence-corrected chi connectivity index (χ2v) is 13.2. The molecule has 0 amide bonds. The van der Waals surface area contributed by atoms with Crippen molar-refractivity contribution in [3.63, 3.8) is 0 Å². The molecule has 0 spiro atoms. The summed E-state index contributed by atoms with van der Waals surface area (Å²) in [5.74, 6) is -3.43. The van der Waals surface area contributed by atoms with Crippen LogP contribution in [0.2, 0.25) is 0 Å². The van der Waals surface area contributed by atoms with E-state index in [1.807, 2.05) is 0 Å². The van der Waals surface area contributed by atoms with Crippen molar-refractivity contribution in [1.82, 2.24) is 20.2 Å². The minimum Gasteiger partial charge on any atom is -0.508 e. The van der Waals surface area contributed by atoms with Gasteiger partial charge in [0.2, 0.25) is 0 Å². The summed E-state index contributed by atoms with van der Waals surface area (Å²) in [4.78, 5) is 11.4. The van der Waals surface area contributed by atoms with Gasteiger partial charge in [-0.15, -0.1) is 0 Å². The van der Waals surface area contributed by atoms with E-state index < -0.39 is 34.7 Å². The van der Waals surface area contributed by atoms with Gasteiger partial charge in [-0.1, -0.05) is 12.1 Å². The zero-order valence-corrected chi connectivity index (χ0v) is 24.9. The number of ether oxygens (including phenoxy) is 2. The van der Waals surface area contributed by atoms with E-state index in [0.29, 0.717) is 18.7 Å². The molecule has 4 saturated heterocycles. The zero-order valence-electron chi connectivity index (χ0n) is 24.9. The maximum absolute atomic E-state index is 16.9. The normalized spacial score (nSPS) is 27.8. The second-order valence-electron chi connectivity index (χ2n) is 13.2. The van der Waals surface area contributed by atoms with Gasteiger partial charge in [0.15, 0.2) is 17.4 Å². The number of phenolic OH excluding ortho intramolecular Hbond substituents is 1. The van der Waals surface area contributed by atoms with Crippen molar-refractivity contribution < 1.29 is 32.1 Å². The summed E-state index contributed by atoms with van der Waals surface area (Å²) in [6, 6.07) is 7.15. The number of rotatable bonds is 6. The number of nitrogens with zero attached hydrogens (tertiary/aromatic N) is 3. The summed E-state index contributed by atoms with van der Waals surface area (Å²) in [6.07, 6.45) is 4.57. The number of halogens is 4. The number of fused-ring (bicyclic) bond motifs is 5. The van der Waals surface area contributed by atoms with Gasteiger partial charge in [0.1, 0.15) is 29.9 Å². The van der Waals surface area contributed by atoms with Gasteiger partial charge in [0.25, 0.3) is 0 Å². The Morgan fingerprint density at radius 1 is 1.07 bits per heavy atom. The maximum atomic E-state index is 16.9. The van der Waals surface area contributed by atoms with Crippen molar-refractivity contribution in [3.8, 4) is 28.6 Å². The van der Waals surface area contributed by atoms with Crippen LogP contribution in [0.5, 0.6) is 17.5 Å². The van der Waals surface area contributed by atoms with E-state index in [2.05, 4.69) is 15.2 Å². The molecule has 45 heavy (non-hydrogen) atoms. The van der Waals surface area contributed by atoms with Crippen LogP contribution in [-0.4, -0.2) is 70.6 Å². The predicted octanol–water partition coefficient (Wildman–Crippen LogP) is 6.53. The summed E-state index contributed by atoms with van der Waals surface area (Å²) in [5, 5.41) is 14.4. The molecule has 8 rings (SSSR count). The molecule has 0 saturated carbocycles. The highest BCUT2D eigenvalue weighted by Crippen LogP contribution is 2.48. The van der Waals surface area contributed by atoms with Crippen LogP contribution in [0.25, 0.3) is 32.8 Å². The minimum absolute atomic E-state index is 0.0439. The molecule has 5 heterocycles. The minimum atomic E-state index is -1.03. The molecule has 2 unspecified atom stereocenters. The molecule has 4 aromatic rings. The number of benzene rings is 3. The Kier molecular flexibility index (Phi) is 6.83. The van der Waals surface area contributed by atoms with Crippen LogP contribution in [0.1, 0.15) is 56.6 Å². The average molecular weight is 623 g/mol. The summed E-state index contributed by atoms with van der Waals surface area (Å²) >= 11 is 0. The number of piperidine rings is 1. The molecule has 0 radical (unpaired) electrons. The highest BCUT2D eigenvalue weighted by atomic mass is 19.1. The predicted molar refractivity (Wildman–Crippen MR) is 161 cm³/mol. The number of hydrogen-bond acceptors (Lipinski definition) is 7. The molecule has 3 aromatic carbocycles. The molecule has 236 valence electrons. The summed E-state index contributed by atoms with van der Waals surface area (Å²) < 4.78 is 75.0. The fraction of sp³-hybridized carbons (Fsp3) is 0.471. The lowest BCUT2D eigenvalue weighted by Crippen LogP contribution is -2.43. The van der Waals surface area contributed by atoms with Crippen LogP contribution in [0.4, 0.5) is 17.6 Å². The fourth-order valence-corrected chi connectivity index (χ4v) is 8.56. The van der Waals surface area contributed by atoms with Crippen molar-refractivity contribution in [3.05, 3.63) is 53.5 Å². The molecule has 4 aliphatic heterocycles. The Morgan fingerprint density at radius 3 is 2.64 bits per heavy atom. The molecule has 7 nitrogen and oxygen atoms in total. The van der Waals surface area contributed by atoms with Gasteiger partial charge in [-0.25, -0.2) is 17.6 Å². The standard InChI is InChI=1S/C34H34F4N4O3/c1-44-32-27-30(18-10-20-6-7-21(11-18)39-20)40-33(45-16-34-8-3-9-42(34)15-19(35)14-34)41-31(27)28(37)26(29(32)38)23-13-22(43)12-17-4-2-5-24(36)25(17)23/h2,4-5,12-13,18-21,39,43H,3,6-11,14-16H2,1H3/t18?,19-,20?,21?,34+/m1/s1. The first-order valence-corrected chi connectivity index (χ1v) is 15.7. The third kappa shape index (κ3) is 4.61. The number of methoxy groups -OCH3 is 1. The zero-order chi connectivity index (χ0) is 31.0. The number of hydrogen-bond donors (Lipinski definition) is 2. The molecule has 1 aromatic heterocycles. The van der Waals surface area contributed by atoms with E-state index in [1.165, 1.54) is 25.3 Å². The van der Waals surface area contributed by atoms with Crippen LogP contribution in [0.3, 0.4) is 0 Å². The molecule has 11 heteroatoms. The molecule has 2 N–H and O–H groups in total. The molecular formula is C34H34F4N4O3. The number of phenols is 1. The highest BCUT2D eigenvalue weighted by molar-refractivity contribution is 6.02. The van der Waals surface area contributed by atoms with Crippen molar-refractivity contribution in [2.24, 2.45) is 0 Å². The van der Waals surface area contributed by atoms with Gasteiger partial charge in [-0.2, -0.15) is 9.97 Å². The summed E-state index contributed by atoms with van der Waals surface area (Å²) in [5.41, 5.74) is -0.979. The van der Waals surface area contributed by atoms with E-state index >= 15 is 13.2 Å². The van der Waals surface area contributed by atoms with Crippen LogP contribution in [0.15, 0.2) is 30.3 Å². The van der Waals surface area contributed by atoms with Crippen LogP contribution in [0, 0.1) is 17.5 Å². The van der Waals surface area contributed by atoms with Gasteiger partial charge < -0.3 is 19.9 Å². The van der Waals surface area contributed by atoms with E-state index in [9.17, 15) is 9.50 Å². The number of aromatic hydroxyl groups is 1. The van der Waals surface area contributed by atoms with Gasteiger partial charge in [-0.3, -0.25) is 4.90 Å². The summed E-state index contributed by atoms with van der Waals surface area (Å²) in [7, 11) is 1.29. The highest BCUT2D eigenvalue weighted by Gasteiger charge is 2.49. The Bertz CT molecular complexity index is 1830. The van der Waals surface area contributed by atoms with E-state index in [4.69, 9.17) is 14.5 Å². The van der Waals surface area contributed by atoms with Gasteiger partial charge in [0.05, 0.1) is 29.3 Å². The van der Waals surface area contributed by atoms with Crippen molar-refractivity contribution in [1.29, 1.82) is 0 Å². The number of aromatic nitrogens is 2. The monoisotopic (exact) mass is 622 g/mol. The molecule has 2 bridgehead atoms. The van der Waals surface area contributed by atoms with E-state index in [0.717, 1.165) is 51.1 Å². The summed E-state index contributed by atoms with van der Waals surface area (Å²) in [6.45, 7) is 1.29. The topological polar surface area (TPSA) is 79.7 Å². The average Bonchev–Trinajstić information content (AvgIpc) is 3.66. The second kappa shape index (κ2) is 10.7. The largest absolute Gasteiger partial charge is 0.508 e. The lowest BCUT2D eigenvalue weighted by atomic mass is 9.86. The van der Waals surface area contributed by atoms with Gasteiger partial charge >= 0.3 is 6.01 Å². The number of nitrogens with one attached hydrogen (secondary N) is 1. The van der Waals surface area contributed by atoms with Crippen LogP contribution < -0.4 is 14.8 Å². The smallest absolute Gasteiger partial charge is 0.317 e. The molecule has 0 aliphatic carbocycles. The first-order valence-electron chi connectivity index (χ1n) is 15.7.